The molecule has 0 spiro atoms. The van der Waals surface area contributed by atoms with Gasteiger partial charge in [-0.25, -0.2) is 4.79 Å². The maximum Gasteiger partial charge on any atom is 0.331 e. The molecule has 0 bridgehead atoms. The van der Waals surface area contributed by atoms with Crippen LogP contribution in [0.25, 0.3) is 0 Å². The zero-order valence-electron chi connectivity index (χ0n) is 7.99. The average molecular weight is 180 g/mol. The second-order valence-corrected chi connectivity index (χ2v) is 2.72. The van der Waals surface area contributed by atoms with Crippen molar-refractivity contribution in [2.75, 3.05) is 0 Å². The molecule has 0 saturated heterocycles. The van der Waals surface area contributed by atoms with Crippen LogP contribution in [0.3, 0.4) is 0 Å². The molecule has 0 rings (SSSR count). The minimum absolute atomic E-state index is 0.458. The number of rotatable bonds is 6. The first-order valence-electron chi connectivity index (χ1n) is 4.44. The van der Waals surface area contributed by atoms with Crippen molar-refractivity contribution < 1.29 is 9.90 Å². The lowest BCUT2D eigenvalue weighted by Crippen LogP contribution is -1.99. The van der Waals surface area contributed by atoms with E-state index >= 15 is 0 Å². The molecule has 0 aromatic heterocycles. The number of carboxylic acids is 1. The highest BCUT2D eigenvalue weighted by atomic mass is 16.4. The molecule has 2 nitrogen and oxygen atoms in total. The quantitative estimate of drug-likeness (QED) is 0.504. The standard InChI is InChI=1S/C11H16O2/c1-3-5-7-9-10(11(12)13)8-6-4-2/h3,5,7,9H,1,4,6,8H2,2H3,(H,12,13). The minimum atomic E-state index is -0.831. The molecule has 0 atom stereocenters. The Hall–Kier alpha value is -1.31. The van der Waals surface area contributed by atoms with Gasteiger partial charge in [0.25, 0.3) is 0 Å². The molecule has 72 valence electrons. The Morgan fingerprint density at radius 3 is 2.62 bits per heavy atom. The van der Waals surface area contributed by atoms with Crippen molar-refractivity contribution in [2.45, 2.75) is 26.2 Å². The fourth-order valence-corrected chi connectivity index (χ4v) is 0.879. The van der Waals surface area contributed by atoms with Crippen LogP contribution < -0.4 is 0 Å². The van der Waals surface area contributed by atoms with Gasteiger partial charge in [0.05, 0.1) is 0 Å². The van der Waals surface area contributed by atoms with Crippen LogP contribution in [0.4, 0.5) is 0 Å². The van der Waals surface area contributed by atoms with Crippen molar-refractivity contribution in [2.24, 2.45) is 0 Å². The molecule has 0 aromatic rings. The van der Waals surface area contributed by atoms with Gasteiger partial charge in [-0.05, 0) is 12.8 Å². The fraction of sp³-hybridized carbons (Fsp3) is 0.364. The topological polar surface area (TPSA) is 37.3 Å². The van der Waals surface area contributed by atoms with Gasteiger partial charge in [-0.2, -0.15) is 0 Å². The number of carbonyl (C=O) groups is 1. The summed E-state index contributed by atoms with van der Waals surface area (Å²) in [5.74, 6) is -0.831. The first-order chi connectivity index (χ1) is 6.22. The number of unbranched alkanes of at least 4 members (excludes halogenated alkanes) is 1. The zero-order chi connectivity index (χ0) is 10.1. The zero-order valence-corrected chi connectivity index (χ0v) is 7.99. The molecular weight excluding hydrogens is 164 g/mol. The maximum atomic E-state index is 10.7. The summed E-state index contributed by atoms with van der Waals surface area (Å²) in [7, 11) is 0. The first-order valence-corrected chi connectivity index (χ1v) is 4.44. The van der Waals surface area contributed by atoms with E-state index in [0.29, 0.717) is 12.0 Å². The average Bonchev–Trinajstić information content (AvgIpc) is 2.10. The maximum absolute atomic E-state index is 10.7. The molecule has 13 heavy (non-hydrogen) atoms. The van der Waals surface area contributed by atoms with Gasteiger partial charge in [-0.1, -0.05) is 44.2 Å². The SMILES string of the molecule is C=CC=CC=C(CCCC)C(=O)O. The molecule has 0 radical (unpaired) electrons. The van der Waals surface area contributed by atoms with Crippen LogP contribution in [0.2, 0.25) is 0 Å². The molecule has 0 saturated carbocycles. The molecule has 0 heterocycles. The number of allylic oxidation sites excluding steroid dienone is 4. The molecule has 0 fully saturated rings. The Morgan fingerprint density at radius 1 is 1.46 bits per heavy atom. The molecule has 1 N–H and O–H groups in total. The predicted molar refractivity (Wildman–Crippen MR) is 54.6 cm³/mol. The molecule has 0 aliphatic heterocycles. The summed E-state index contributed by atoms with van der Waals surface area (Å²) in [6.45, 7) is 5.54. The van der Waals surface area contributed by atoms with Crippen LogP contribution in [0.15, 0.2) is 36.5 Å². The Balaban J connectivity index is 4.22. The molecular formula is C11H16O2. The lowest BCUT2D eigenvalue weighted by atomic mass is 10.1. The highest BCUT2D eigenvalue weighted by Crippen LogP contribution is 2.07. The van der Waals surface area contributed by atoms with Crippen LogP contribution in [0.1, 0.15) is 26.2 Å². The summed E-state index contributed by atoms with van der Waals surface area (Å²) < 4.78 is 0. The first kappa shape index (κ1) is 11.7. The highest BCUT2D eigenvalue weighted by molar-refractivity contribution is 5.86. The third-order valence-electron chi connectivity index (χ3n) is 1.62. The van der Waals surface area contributed by atoms with Gasteiger partial charge in [-0.15, -0.1) is 0 Å². The van der Waals surface area contributed by atoms with Gasteiger partial charge in [0.2, 0.25) is 0 Å². The third-order valence-corrected chi connectivity index (χ3v) is 1.62. The van der Waals surface area contributed by atoms with E-state index in [1.54, 1.807) is 24.3 Å². The van der Waals surface area contributed by atoms with E-state index in [-0.39, 0.29) is 0 Å². The van der Waals surface area contributed by atoms with E-state index in [4.69, 9.17) is 5.11 Å². The van der Waals surface area contributed by atoms with E-state index in [1.807, 2.05) is 6.92 Å². The monoisotopic (exact) mass is 180 g/mol. The Kier molecular flexibility index (Phi) is 6.60. The van der Waals surface area contributed by atoms with Gasteiger partial charge in [0, 0.05) is 5.57 Å². The summed E-state index contributed by atoms with van der Waals surface area (Å²) >= 11 is 0. The minimum Gasteiger partial charge on any atom is -0.478 e. The Labute approximate surface area is 79.3 Å². The van der Waals surface area contributed by atoms with E-state index in [9.17, 15) is 4.79 Å². The van der Waals surface area contributed by atoms with Crippen LogP contribution in [-0.2, 0) is 4.79 Å². The lowest BCUT2D eigenvalue weighted by Gasteiger charge is -1.98. The summed E-state index contributed by atoms with van der Waals surface area (Å²) in [4.78, 5) is 10.7. The normalized spacial score (nSPS) is 11.9. The van der Waals surface area contributed by atoms with E-state index in [1.165, 1.54) is 0 Å². The van der Waals surface area contributed by atoms with Crippen molar-refractivity contribution >= 4 is 5.97 Å². The Bertz CT molecular complexity index is 224. The van der Waals surface area contributed by atoms with Crippen LogP contribution in [-0.4, -0.2) is 11.1 Å². The van der Waals surface area contributed by atoms with Crippen LogP contribution in [0.5, 0.6) is 0 Å². The third kappa shape index (κ3) is 5.91. The van der Waals surface area contributed by atoms with Crippen LogP contribution in [0, 0.1) is 0 Å². The lowest BCUT2D eigenvalue weighted by molar-refractivity contribution is -0.132. The van der Waals surface area contributed by atoms with E-state index in [0.717, 1.165) is 12.8 Å². The summed E-state index contributed by atoms with van der Waals surface area (Å²) in [6, 6.07) is 0. The van der Waals surface area contributed by atoms with Crippen molar-refractivity contribution in [3.8, 4) is 0 Å². The van der Waals surface area contributed by atoms with Gasteiger partial charge >= 0.3 is 5.97 Å². The largest absolute Gasteiger partial charge is 0.478 e. The number of hydrogen-bond acceptors (Lipinski definition) is 1. The molecule has 2 heteroatoms. The predicted octanol–water partition coefficient (Wildman–Crippen LogP) is 2.93. The molecule has 0 aliphatic carbocycles. The summed E-state index contributed by atoms with van der Waals surface area (Å²) in [5, 5.41) is 8.77. The van der Waals surface area contributed by atoms with Crippen molar-refractivity contribution in [1.29, 1.82) is 0 Å². The molecule has 0 unspecified atom stereocenters. The second kappa shape index (κ2) is 7.35. The summed E-state index contributed by atoms with van der Waals surface area (Å²) in [5.41, 5.74) is 0.458. The number of carboxylic acid groups (broad SMARTS) is 1. The van der Waals surface area contributed by atoms with Crippen molar-refractivity contribution in [3.63, 3.8) is 0 Å². The number of aliphatic carboxylic acids is 1. The van der Waals surface area contributed by atoms with Gasteiger partial charge in [-0.3, -0.25) is 0 Å². The Morgan fingerprint density at radius 2 is 2.15 bits per heavy atom. The van der Waals surface area contributed by atoms with Crippen molar-refractivity contribution in [1.82, 2.24) is 0 Å². The number of hydrogen-bond donors (Lipinski definition) is 1. The molecule has 0 aromatic carbocycles. The molecule has 0 amide bonds. The molecule has 0 aliphatic rings. The van der Waals surface area contributed by atoms with Crippen molar-refractivity contribution in [3.05, 3.63) is 36.5 Å². The van der Waals surface area contributed by atoms with Crippen LogP contribution >= 0.6 is 0 Å². The summed E-state index contributed by atoms with van der Waals surface area (Å²) in [6.07, 6.45) is 9.22. The van der Waals surface area contributed by atoms with E-state index in [2.05, 4.69) is 6.58 Å². The smallest absolute Gasteiger partial charge is 0.331 e. The van der Waals surface area contributed by atoms with Gasteiger partial charge in [0.1, 0.15) is 0 Å². The van der Waals surface area contributed by atoms with E-state index < -0.39 is 5.97 Å². The van der Waals surface area contributed by atoms with Gasteiger partial charge < -0.3 is 5.11 Å². The second-order valence-electron chi connectivity index (χ2n) is 2.72. The van der Waals surface area contributed by atoms with Gasteiger partial charge in [0.15, 0.2) is 0 Å². The highest BCUT2D eigenvalue weighted by Gasteiger charge is 2.03. The fourth-order valence-electron chi connectivity index (χ4n) is 0.879.